The summed E-state index contributed by atoms with van der Waals surface area (Å²) in [5, 5.41) is 22.4. The van der Waals surface area contributed by atoms with E-state index in [-0.39, 0.29) is 12.8 Å². The second kappa shape index (κ2) is 11.4. The first-order valence-corrected chi connectivity index (χ1v) is 7.70. The largest absolute Gasteiger partial charge is 0.481 e. The highest BCUT2D eigenvalue weighted by Crippen LogP contribution is 2.04. The van der Waals surface area contributed by atoms with Gasteiger partial charge in [-0.15, -0.1) is 0 Å². The number of aliphatic carboxylic acids is 2. The van der Waals surface area contributed by atoms with Crippen LogP contribution in [-0.2, 0) is 19.2 Å². The molecule has 0 spiro atoms. The highest BCUT2D eigenvalue weighted by atomic mass is 16.4. The van der Waals surface area contributed by atoms with Crippen LogP contribution in [0.5, 0.6) is 0 Å². The summed E-state index contributed by atoms with van der Waals surface area (Å²) in [6.45, 7) is 1.88. The van der Waals surface area contributed by atoms with Crippen LogP contribution in [0, 0.1) is 0 Å². The van der Waals surface area contributed by atoms with Gasteiger partial charge in [0, 0.05) is 6.42 Å². The molecule has 0 fully saturated rings. The van der Waals surface area contributed by atoms with Crippen molar-refractivity contribution in [3.63, 3.8) is 0 Å². The Balaban J connectivity index is 4.87. The fraction of sp³-hybridized carbons (Fsp3) is 0.714. The van der Waals surface area contributed by atoms with E-state index in [2.05, 4.69) is 10.6 Å². The maximum Gasteiger partial charge on any atom is 0.326 e. The van der Waals surface area contributed by atoms with Crippen molar-refractivity contribution in [3.05, 3.63) is 0 Å². The molecule has 0 aliphatic rings. The number of rotatable bonds is 12. The molecular formula is C14H26N4O6. The Morgan fingerprint density at radius 2 is 1.54 bits per heavy atom. The van der Waals surface area contributed by atoms with Crippen molar-refractivity contribution >= 4 is 23.8 Å². The van der Waals surface area contributed by atoms with Crippen LogP contribution >= 0.6 is 0 Å². The van der Waals surface area contributed by atoms with Gasteiger partial charge < -0.3 is 32.3 Å². The van der Waals surface area contributed by atoms with Crippen molar-refractivity contribution in [1.82, 2.24) is 10.6 Å². The maximum absolute atomic E-state index is 12.2. The molecule has 10 heteroatoms. The summed E-state index contributed by atoms with van der Waals surface area (Å²) >= 11 is 0. The predicted octanol–water partition coefficient (Wildman–Crippen LogP) is -1.62. The number of amides is 2. The Kier molecular flexibility index (Phi) is 10.3. The molecule has 0 aromatic rings. The summed E-state index contributed by atoms with van der Waals surface area (Å²) in [4.78, 5) is 45.6. The third-order valence-corrected chi connectivity index (χ3v) is 3.25. The average Bonchev–Trinajstić information content (AvgIpc) is 2.49. The molecule has 8 N–H and O–H groups in total. The van der Waals surface area contributed by atoms with Crippen LogP contribution in [0.15, 0.2) is 0 Å². The minimum atomic E-state index is -1.35. The molecule has 0 aliphatic carbocycles. The highest BCUT2D eigenvalue weighted by Gasteiger charge is 2.27. The lowest BCUT2D eigenvalue weighted by atomic mass is 10.1. The van der Waals surface area contributed by atoms with Crippen molar-refractivity contribution in [2.24, 2.45) is 11.5 Å². The smallest absolute Gasteiger partial charge is 0.326 e. The van der Waals surface area contributed by atoms with Crippen LogP contribution in [0.4, 0.5) is 0 Å². The number of carboxylic acid groups (broad SMARTS) is 2. The molecule has 0 aromatic heterocycles. The van der Waals surface area contributed by atoms with Crippen LogP contribution in [0.3, 0.4) is 0 Å². The molecule has 0 aliphatic heterocycles. The molecule has 138 valence electrons. The molecule has 0 rings (SSSR count). The van der Waals surface area contributed by atoms with Gasteiger partial charge >= 0.3 is 11.9 Å². The summed E-state index contributed by atoms with van der Waals surface area (Å²) in [6, 6.07) is -3.13. The number of nitrogens with one attached hydrogen (secondary N) is 2. The predicted molar refractivity (Wildman–Crippen MR) is 84.9 cm³/mol. The SMILES string of the molecule is C[C@H](N)C(=O)N[C@@H](CCCCN)C(=O)N[C@@H](CCC(=O)O)C(=O)O. The van der Waals surface area contributed by atoms with E-state index in [9.17, 15) is 19.2 Å². The molecule has 3 atom stereocenters. The Hall–Kier alpha value is -2.20. The first-order chi connectivity index (χ1) is 11.2. The van der Waals surface area contributed by atoms with E-state index < -0.39 is 48.3 Å². The third kappa shape index (κ3) is 9.06. The molecule has 0 unspecified atom stereocenters. The monoisotopic (exact) mass is 346 g/mol. The van der Waals surface area contributed by atoms with Gasteiger partial charge in [0.05, 0.1) is 6.04 Å². The third-order valence-electron chi connectivity index (χ3n) is 3.25. The number of carboxylic acids is 2. The fourth-order valence-corrected chi connectivity index (χ4v) is 1.86. The number of carbonyl (C=O) groups is 4. The molecule has 0 aromatic carbocycles. The average molecular weight is 346 g/mol. The van der Waals surface area contributed by atoms with E-state index in [0.29, 0.717) is 19.4 Å². The topological polar surface area (TPSA) is 185 Å². The second-order valence-corrected chi connectivity index (χ2v) is 5.47. The van der Waals surface area contributed by atoms with Crippen LogP contribution in [-0.4, -0.2) is 58.6 Å². The molecule has 10 nitrogen and oxygen atoms in total. The van der Waals surface area contributed by atoms with Crippen molar-refractivity contribution in [2.45, 2.75) is 57.2 Å². The number of carbonyl (C=O) groups excluding carboxylic acids is 2. The number of hydrogen-bond donors (Lipinski definition) is 6. The first kappa shape index (κ1) is 21.8. The normalized spacial score (nSPS) is 14.3. The Morgan fingerprint density at radius 3 is 2.00 bits per heavy atom. The molecule has 2 amide bonds. The van der Waals surface area contributed by atoms with Gasteiger partial charge in [-0.1, -0.05) is 0 Å². The lowest BCUT2D eigenvalue weighted by Gasteiger charge is -2.22. The quantitative estimate of drug-likeness (QED) is 0.228. The Morgan fingerprint density at radius 1 is 0.958 bits per heavy atom. The van der Waals surface area contributed by atoms with Crippen LogP contribution < -0.4 is 22.1 Å². The standard InChI is InChI=1S/C14H26N4O6/c1-8(16)12(21)17-9(4-2-3-7-15)13(22)18-10(14(23)24)5-6-11(19)20/h8-10H,2-7,15-16H2,1H3,(H,17,21)(H,18,22)(H,19,20)(H,23,24)/t8-,9-,10-/m0/s1. The zero-order valence-electron chi connectivity index (χ0n) is 13.7. The lowest BCUT2D eigenvalue weighted by molar-refractivity contribution is -0.143. The van der Waals surface area contributed by atoms with Gasteiger partial charge in [-0.2, -0.15) is 0 Å². The van der Waals surface area contributed by atoms with Crippen molar-refractivity contribution < 1.29 is 29.4 Å². The summed E-state index contributed by atoms with van der Waals surface area (Å²) in [6.07, 6.45) is 0.807. The number of unbranched alkanes of at least 4 members (excludes halogenated alkanes) is 1. The van der Waals surface area contributed by atoms with Crippen molar-refractivity contribution in [2.75, 3.05) is 6.54 Å². The fourth-order valence-electron chi connectivity index (χ4n) is 1.86. The minimum absolute atomic E-state index is 0.257. The van der Waals surface area contributed by atoms with Crippen LogP contribution in [0.2, 0.25) is 0 Å². The van der Waals surface area contributed by atoms with E-state index in [0.717, 1.165) is 0 Å². The molecule has 0 radical (unpaired) electrons. The van der Waals surface area contributed by atoms with E-state index in [1.807, 2.05) is 0 Å². The van der Waals surface area contributed by atoms with E-state index in [1.54, 1.807) is 0 Å². The summed E-state index contributed by atoms with van der Waals surface area (Å²) in [7, 11) is 0. The summed E-state index contributed by atoms with van der Waals surface area (Å²) < 4.78 is 0. The molecule has 24 heavy (non-hydrogen) atoms. The van der Waals surface area contributed by atoms with Crippen LogP contribution in [0.1, 0.15) is 39.0 Å². The van der Waals surface area contributed by atoms with E-state index in [1.165, 1.54) is 6.92 Å². The van der Waals surface area contributed by atoms with Gasteiger partial charge in [0.2, 0.25) is 11.8 Å². The molecule has 0 saturated heterocycles. The summed E-state index contributed by atoms with van der Waals surface area (Å²) in [5.74, 6) is -3.75. The highest BCUT2D eigenvalue weighted by molar-refractivity contribution is 5.91. The zero-order chi connectivity index (χ0) is 18.7. The molecular weight excluding hydrogens is 320 g/mol. The molecule has 0 bridgehead atoms. The zero-order valence-corrected chi connectivity index (χ0v) is 13.7. The van der Waals surface area contributed by atoms with Crippen molar-refractivity contribution in [3.8, 4) is 0 Å². The molecule has 0 saturated carbocycles. The van der Waals surface area contributed by atoms with Gasteiger partial charge in [-0.25, -0.2) is 4.79 Å². The summed E-state index contributed by atoms with van der Waals surface area (Å²) in [5.41, 5.74) is 10.8. The van der Waals surface area contributed by atoms with Gasteiger partial charge in [0.15, 0.2) is 0 Å². The van der Waals surface area contributed by atoms with Crippen molar-refractivity contribution in [1.29, 1.82) is 0 Å². The maximum atomic E-state index is 12.2. The minimum Gasteiger partial charge on any atom is -0.481 e. The number of nitrogens with two attached hydrogens (primary N) is 2. The number of hydrogen-bond acceptors (Lipinski definition) is 6. The van der Waals surface area contributed by atoms with E-state index >= 15 is 0 Å². The van der Waals surface area contributed by atoms with E-state index in [4.69, 9.17) is 21.7 Å². The van der Waals surface area contributed by atoms with Gasteiger partial charge in [0.1, 0.15) is 12.1 Å². The Bertz CT molecular complexity index is 455. The van der Waals surface area contributed by atoms with Gasteiger partial charge in [-0.3, -0.25) is 14.4 Å². The molecule has 0 heterocycles. The first-order valence-electron chi connectivity index (χ1n) is 7.70. The second-order valence-electron chi connectivity index (χ2n) is 5.47. The van der Waals surface area contributed by atoms with Crippen LogP contribution in [0.25, 0.3) is 0 Å². The Labute approximate surface area is 139 Å². The van der Waals surface area contributed by atoms with Gasteiger partial charge in [0.25, 0.3) is 0 Å². The van der Waals surface area contributed by atoms with Gasteiger partial charge in [-0.05, 0) is 39.2 Å². The lowest BCUT2D eigenvalue weighted by Crippen LogP contribution is -2.54.